The fraction of sp³-hybridized carbons (Fsp3) is 0.867. The molecule has 0 rings (SSSR count). The molecule has 15 heavy (non-hydrogen) atoms. The molecule has 0 aliphatic carbocycles. The summed E-state index contributed by atoms with van der Waals surface area (Å²) in [6, 6.07) is 0. The molecule has 0 aliphatic rings. The number of hydrogen-bond donors (Lipinski definition) is 0. The average molecular weight is 210 g/mol. The molecule has 0 fully saturated rings. The summed E-state index contributed by atoms with van der Waals surface area (Å²) >= 11 is 0. The Morgan fingerprint density at radius 2 is 1.60 bits per heavy atom. The van der Waals surface area contributed by atoms with Crippen molar-refractivity contribution in [3.63, 3.8) is 0 Å². The Labute approximate surface area is 97.2 Å². The van der Waals surface area contributed by atoms with Gasteiger partial charge in [0.25, 0.3) is 0 Å². The van der Waals surface area contributed by atoms with Crippen molar-refractivity contribution in [1.29, 1.82) is 0 Å². The Hall–Kier alpha value is -0.260. The zero-order valence-corrected chi connectivity index (χ0v) is 11.6. The lowest BCUT2D eigenvalue weighted by Crippen LogP contribution is -2.23. The van der Waals surface area contributed by atoms with E-state index in [0.29, 0.717) is 0 Å². The molecular weight excluding hydrogens is 180 g/mol. The molecule has 0 aromatic rings. The minimum absolute atomic E-state index is 0.724. The SMILES string of the molecule is C=C(C)C(CC)C(CC(C)C)C(C)CC. The highest BCUT2D eigenvalue weighted by molar-refractivity contribution is 4.99. The van der Waals surface area contributed by atoms with Crippen molar-refractivity contribution in [1.82, 2.24) is 0 Å². The smallest absolute Gasteiger partial charge is 0.0180 e. The Morgan fingerprint density at radius 3 is 1.87 bits per heavy atom. The molecule has 0 N–H and O–H groups in total. The molecule has 0 nitrogen and oxygen atoms in total. The first-order valence-corrected chi connectivity index (χ1v) is 6.59. The lowest BCUT2D eigenvalue weighted by Gasteiger charge is -2.32. The van der Waals surface area contributed by atoms with Crippen molar-refractivity contribution in [2.24, 2.45) is 23.7 Å². The van der Waals surface area contributed by atoms with Crippen molar-refractivity contribution in [3.8, 4) is 0 Å². The summed E-state index contributed by atoms with van der Waals surface area (Å²) in [5.41, 5.74) is 1.38. The minimum atomic E-state index is 0.724. The van der Waals surface area contributed by atoms with Crippen LogP contribution in [0.5, 0.6) is 0 Å². The lowest BCUT2D eigenvalue weighted by atomic mass is 9.73. The van der Waals surface area contributed by atoms with Gasteiger partial charge in [-0.15, -0.1) is 0 Å². The number of rotatable bonds is 7. The van der Waals surface area contributed by atoms with Gasteiger partial charge in [0.1, 0.15) is 0 Å². The molecule has 0 spiro atoms. The Morgan fingerprint density at radius 1 is 1.07 bits per heavy atom. The first-order chi connectivity index (χ1) is 6.93. The minimum Gasteiger partial charge on any atom is -0.0999 e. The van der Waals surface area contributed by atoms with Crippen molar-refractivity contribution in [3.05, 3.63) is 12.2 Å². The summed E-state index contributed by atoms with van der Waals surface area (Å²) in [6.45, 7) is 18.0. The maximum Gasteiger partial charge on any atom is -0.0180 e. The van der Waals surface area contributed by atoms with E-state index >= 15 is 0 Å². The normalized spacial score (nSPS) is 17.5. The highest BCUT2D eigenvalue weighted by atomic mass is 14.3. The van der Waals surface area contributed by atoms with Gasteiger partial charge in [-0.2, -0.15) is 0 Å². The maximum atomic E-state index is 4.17. The molecule has 0 aromatic carbocycles. The second kappa shape index (κ2) is 7.09. The summed E-state index contributed by atoms with van der Waals surface area (Å²) in [5.74, 6) is 3.19. The summed E-state index contributed by atoms with van der Waals surface area (Å²) < 4.78 is 0. The van der Waals surface area contributed by atoms with Crippen molar-refractivity contribution in [2.45, 2.75) is 60.8 Å². The van der Waals surface area contributed by atoms with E-state index in [1.807, 2.05) is 0 Å². The molecule has 0 aromatic heterocycles. The molecule has 3 atom stereocenters. The molecule has 0 saturated heterocycles. The molecule has 0 heteroatoms. The van der Waals surface area contributed by atoms with Crippen molar-refractivity contribution < 1.29 is 0 Å². The van der Waals surface area contributed by atoms with E-state index in [1.165, 1.54) is 24.8 Å². The van der Waals surface area contributed by atoms with Gasteiger partial charge in [-0.3, -0.25) is 0 Å². The molecule has 0 aliphatic heterocycles. The highest BCUT2D eigenvalue weighted by Gasteiger charge is 2.25. The monoisotopic (exact) mass is 210 g/mol. The fourth-order valence-electron chi connectivity index (χ4n) is 2.66. The van der Waals surface area contributed by atoms with Crippen LogP contribution < -0.4 is 0 Å². The van der Waals surface area contributed by atoms with Crippen LogP contribution in [0.15, 0.2) is 12.2 Å². The Bertz CT molecular complexity index is 178. The zero-order valence-electron chi connectivity index (χ0n) is 11.6. The van der Waals surface area contributed by atoms with Crippen LogP contribution >= 0.6 is 0 Å². The topological polar surface area (TPSA) is 0 Å². The largest absolute Gasteiger partial charge is 0.0999 e. The maximum absolute atomic E-state index is 4.17. The second-order valence-corrected chi connectivity index (χ2v) is 5.54. The van der Waals surface area contributed by atoms with Gasteiger partial charge in [0.2, 0.25) is 0 Å². The van der Waals surface area contributed by atoms with Gasteiger partial charge in [-0.1, -0.05) is 53.2 Å². The van der Waals surface area contributed by atoms with E-state index in [9.17, 15) is 0 Å². The van der Waals surface area contributed by atoms with Gasteiger partial charge >= 0.3 is 0 Å². The number of hydrogen-bond acceptors (Lipinski definition) is 0. The third kappa shape index (κ3) is 4.86. The molecule has 0 saturated carbocycles. The molecule has 90 valence electrons. The molecule has 0 radical (unpaired) electrons. The van der Waals surface area contributed by atoms with Crippen molar-refractivity contribution in [2.75, 3.05) is 0 Å². The van der Waals surface area contributed by atoms with Gasteiger partial charge in [0.05, 0.1) is 0 Å². The molecular formula is C15H30. The van der Waals surface area contributed by atoms with Crippen LogP contribution in [0.4, 0.5) is 0 Å². The van der Waals surface area contributed by atoms with Crippen LogP contribution in [0.1, 0.15) is 60.8 Å². The Kier molecular flexibility index (Phi) is 6.96. The van der Waals surface area contributed by atoms with E-state index in [4.69, 9.17) is 0 Å². The molecule has 0 bridgehead atoms. The van der Waals surface area contributed by atoms with Crippen LogP contribution in [0, 0.1) is 23.7 Å². The summed E-state index contributed by atoms with van der Waals surface area (Å²) in [5, 5.41) is 0. The van der Waals surface area contributed by atoms with E-state index in [2.05, 4.69) is 48.1 Å². The summed E-state index contributed by atoms with van der Waals surface area (Å²) in [7, 11) is 0. The third-order valence-corrected chi connectivity index (χ3v) is 3.71. The van der Waals surface area contributed by atoms with Crippen LogP contribution in [-0.4, -0.2) is 0 Å². The van der Waals surface area contributed by atoms with Crippen LogP contribution in [0.25, 0.3) is 0 Å². The first kappa shape index (κ1) is 14.7. The predicted molar refractivity (Wildman–Crippen MR) is 71.0 cm³/mol. The van der Waals surface area contributed by atoms with Crippen molar-refractivity contribution >= 4 is 0 Å². The molecule has 0 amide bonds. The predicted octanol–water partition coefficient (Wildman–Crippen LogP) is 5.30. The average Bonchev–Trinajstić information content (AvgIpc) is 2.15. The van der Waals surface area contributed by atoms with Gasteiger partial charge < -0.3 is 0 Å². The van der Waals surface area contributed by atoms with Gasteiger partial charge in [-0.05, 0) is 43.4 Å². The van der Waals surface area contributed by atoms with Crippen LogP contribution in [-0.2, 0) is 0 Å². The van der Waals surface area contributed by atoms with Gasteiger partial charge in [0.15, 0.2) is 0 Å². The summed E-state index contributed by atoms with van der Waals surface area (Å²) in [4.78, 5) is 0. The molecule has 3 unspecified atom stereocenters. The standard InChI is InChI=1S/C15H30/c1-8-13(7)15(10-11(3)4)14(9-2)12(5)6/h11,13-15H,5,8-10H2,1-4,6-7H3. The van der Waals surface area contributed by atoms with Crippen LogP contribution in [0.2, 0.25) is 0 Å². The Balaban J connectivity index is 4.65. The van der Waals surface area contributed by atoms with E-state index < -0.39 is 0 Å². The summed E-state index contributed by atoms with van der Waals surface area (Å²) in [6.07, 6.45) is 3.89. The fourth-order valence-corrected chi connectivity index (χ4v) is 2.66. The highest BCUT2D eigenvalue weighted by Crippen LogP contribution is 2.35. The molecule has 0 heterocycles. The third-order valence-electron chi connectivity index (χ3n) is 3.71. The van der Waals surface area contributed by atoms with E-state index in [-0.39, 0.29) is 0 Å². The van der Waals surface area contributed by atoms with E-state index in [1.54, 1.807) is 0 Å². The quantitative estimate of drug-likeness (QED) is 0.500. The lowest BCUT2D eigenvalue weighted by molar-refractivity contribution is 0.216. The van der Waals surface area contributed by atoms with Crippen LogP contribution in [0.3, 0.4) is 0 Å². The number of allylic oxidation sites excluding steroid dienone is 1. The van der Waals surface area contributed by atoms with E-state index in [0.717, 1.165) is 23.7 Å². The van der Waals surface area contributed by atoms with Gasteiger partial charge in [0, 0.05) is 0 Å². The first-order valence-electron chi connectivity index (χ1n) is 6.59. The second-order valence-electron chi connectivity index (χ2n) is 5.54. The van der Waals surface area contributed by atoms with Gasteiger partial charge in [-0.25, -0.2) is 0 Å². The zero-order chi connectivity index (χ0) is 12.0.